The highest BCUT2D eigenvalue weighted by atomic mass is 35.5. The first-order valence-corrected chi connectivity index (χ1v) is 20.4. The highest BCUT2D eigenvalue weighted by Gasteiger charge is 2.37. The van der Waals surface area contributed by atoms with E-state index in [1.54, 1.807) is 17.2 Å². The number of carbonyl (C=O) groups excluding carboxylic acids is 1. The predicted molar refractivity (Wildman–Crippen MR) is 233 cm³/mol. The molecule has 3 aromatic carbocycles. The smallest absolute Gasteiger partial charge is 0.275 e. The van der Waals surface area contributed by atoms with E-state index in [4.69, 9.17) is 38.1 Å². The van der Waals surface area contributed by atoms with E-state index in [2.05, 4.69) is 56.1 Å². The van der Waals surface area contributed by atoms with Gasteiger partial charge in [0.1, 0.15) is 17.8 Å². The van der Waals surface area contributed by atoms with Crippen LogP contribution in [0.15, 0.2) is 67.3 Å². The zero-order valence-electron chi connectivity index (χ0n) is 34.3. The summed E-state index contributed by atoms with van der Waals surface area (Å²) in [6.07, 6.45) is 6.66. The molecule has 5 aromatic heterocycles. The normalized spacial score (nSPS) is 14.2. The van der Waals surface area contributed by atoms with Crippen LogP contribution in [0.4, 0.5) is 5.69 Å². The maximum Gasteiger partial charge on any atom is 0.275 e. The molecule has 8 aromatic rings. The Morgan fingerprint density at radius 3 is 2.41 bits per heavy atom. The quantitative estimate of drug-likeness (QED) is 0.133. The summed E-state index contributed by atoms with van der Waals surface area (Å²) in [4.78, 5) is 30.7. The number of ether oxygens (including phenoxy) is 1. The van der Waals surface area contributed by atoms with Gasteiger partial charge in [-0.05, 0) is 114 Å². The van der Waals surface area contributed by atoms with Crippen molar-refractivity contribution in [3.63, 3.8) is 0 Å². The van der Waals surface area contributed by atoms with Crippen molar-refractivity contribution in [3.05, 3.63) is 117 Å². The Labute approximate surface area is 352 Å². The molecule has 6 heterocycles. The fourth-order valence-electron chi connectivity index (χ4n) is 8.70. The van der Waals surface area contributed by atoms with E-state index >= 15 is 4.79 Å². The van der Waals surface area contributed by atoms with Crippen molar-refractivity contribution in [3.8, 4) is 34.2 Å². The molecule has 1 aliphatic rings. The molecule has 9 rings (SSSR count). The number of nitrogens with zero attached hydrogens (tertiary/aromatic N) is 10. The molecule has 0 spiro atoms. The minimum Gasteiger partial charge on any atom is -0.494 e. The van der Waals surface area contributed by atoms with E-state index in [1.165, 1.54) is 0 Å². The number of aromatic nitrogens is 9. The molecule has 0 saturated carbocycles. The molecule has 0 saturated heterocycles. The van der Waals surface area contributed by atoms with Crippen LogP contribution >= 0.6 is 23.2 Å². The zero-order valence-corrected chi connectivity index (χ0v) is 35.8. The second-order valence-corrected chi connectivity index (χ2v) is 16.4. The summed E-state index contributed by atoms with van der Waals surface area (Å²) in [5.74, 6) is 1.69. The lowest BCUT2D eigenvalue weighted by atomic mass is 9.98. The Morgan fingerprint density at radius 2 is 1.68 bits per heavy atom. The van der Waals surface area contributed by atoms with Crippen molar-refractivity contribution in [1.82, 2.24) is 43.6 Å². The summed E-state index contributed by atoms with van der Waals surface area (Å²) in [5, 5.41) is 12.8. The fraction of sp³-hybridized carbons (Fsp3) is 0.289. The fourth-order valence-corrected chi connectivity index (χ4v) is 9.06. The molecule has 0 N–H and O–H groups in total. The van der Waals surface area contributed by atoms with Crippen LogP contribution in [-0.4, -0.2) is 62.7 Å². The SMILES string of the molecule is Cc1ccnc(-n2cnc(-c3ccc4c(c3)c(N3CC(C)n5c(c(CCCOc6cc(C)c(Cl)c(C)c6)c6ccc(Cl)c(-c7c(C)nn(C)c7C)c65)C3=O)cn4C)n2)n1. The monoisotopic (exact) mass is 826 g/mol. The highest BCUT2D eigenvalue weighted by molar-refractivity contribution is 6.35. The van der Waals surface area contributed by atoms with Gasteiger partial charge in [0.25, 0.3) is 11.9 Å². The predicted octanol–water partition coefficient (Wildman–Crippen LogP) is 9.65. The number of benzene rings is 3. The first-order chi connectivity index (χ1) is 28.3. The Hall–Kier alpha value is -5.98. The second kappa shape index (κ2) is 14.7. The third kappa shape index (κ3) is 6.45. The Balaban J connectivity index is 1.14. The molecule has 1 atom stereocenters. The molecular weight excluding hydrogens is 783 g/mol. The van der Waals surface area contributed by atoms with Crippen molar-refractivity contribution in [2.24, 2.45) is 14.1 Å². The number of fused-ring (bicyclic) bond motifs is 4. The molecule has 12 nitrogen and oxygen atoms in total. The molecule has 300 valence electrons. The van der Waals surface area contributed by atoms with Gasteiger partial charge in [-0.1, -0.05) is 29.3 Å². The maximum atomic E-state index is 15.3. The van der Waals surface area contributed by atoms with Gasteiger partial charge in [0, 0.05) is 88.5 Å². The highest BCUT2D eigenvalue weighted by Crippen LogP contribution is 2.46. The van der Waals surface area contributed by atoms with Gasteiger partial charge in [-0.25, -0.2) is 15.0 Å². The van der Waals surface area contributed by atoms with Crippen molar-refractivity contribution in [2.45, 2.75) is 60.4 Å². The van der Waals surface area contributed by atoms with Crippen molar-refractivity contribution < 1.29 is 9.53 Å². The molecule has 1 unspecified atom stereocenters. The number of halogens is 2. The summed E-state index contributed by atoms with van der Waals surface area (Å²) in [5.41, 5.74) is 11.8. The third-order valence-corrected chi connectivity index (χ3v) is 12.5. The topological polar surface area (TPSA) is 114 Å². The second-order valence-electron chi connectivity index (χ2n) is 15.6. The van der Waals surface area contributed by atoms with Gasteiger partial charge in [0.05, 0.1) is 28.5 Å². The summed E-state index contributed by atoms with van der Waals surface area (Å²) in [6, 6.07) is 15.8. The summed E-state index contributed by atoms with van der Waals surface area (Å²) in [6.45, 7) is 13.0. The average Bonchev–Trinajstić information content (AvgIpc) is 3.97. The van der Waals surface area contributed by atoms with Crippen LogP contribution in [0.1, 0.15) is 63.6 Å². The van der Waals surface area contributed by atoms with E-state index in [9.17, 15) is 0 Å². The number of anilines is 1. The van der Waals surface area contributed by atoms with Crippen LogP contribution in [0.3, 0.4) is 0 Å². The third-order valence-electron chi connectivity index (χ3n) is 11.6. The summed E-state index contributed by atoms with van der Waals surface area (Å²) in [7, 11) is 3.95. The van der Waals surface area contributed by atoms with Gasteiger partial charge in [-0.3, -0.25) is 9.48 Å². The average molecular weight is 828 g/mol. The minimum atomic E-state index is -0.102. The standard InChI is InChI=1S/C45H44Cl2N10O2/c1-24-18-31(19-25(2)40(24)47)59-17-9-10-32-33-12-13-35(46)39(38-28(5)51-54(8)29(38)6)41(33)57-27(4)21-55(44(58)42(32)57)37-22-53(7)36-14-11-30(20-34(36)37)43-49-23-56(52-43)45-48-16-15-26(3)50-45/h11-16,18-20,22-23,27H,9-10,17,21H2,1-8H3. The molecule has 1 aliphatic heterocycles. The Bertz CT molecular complexity index is 2970. The summed E-state index contributed by atoms with van der Waals surface area (Å²) < 4.78 is 14.0. The molecule has 14 heteroatoms. The lowest BCUT2D eigenvalue weighted by molar-refractivity contribution is 0.0957. The van der Waals surface area contributed by atoms with Crippen LogP contribution in [-0.2, 0) is 20.5 Å². The number of rotatable bonds is 9. The van der Waals surface area contributed by atoms with Gasteiger partial charge in [0.2, 0.25) is 0 Å². The summed E-state index contributed by atoms with van der Waals surface area (Å²) >= 11 is 13.6. The number of hydrogen-bond donors (Lipinski definition) is 0. The lowest BCUT2D eigenvalue weighted by Gasteiger charge is -2.34. The van der Waals surface area contributed by atoms with Crippen LogP contribution in [0.5, 0.6) is 5.75 Å². The number of hydrogen-bond acceptors (Lipinski definition) is 7. The molecular formula is C45H44Cl2N10O2. The van der Waals surface area contributed by atoms with E-state index in [-0.39, 0.29) is 11.9 Å². The Morgan fingerprint density at radius 1 is 0.898 bits per heavy atom. The first kappa shape index (κ1) is 38.5. The van der Waals surface area contributed by atoms with E-state index in [0.717, 1.165) is 88.7 Å². The first-order valence-electron chi connectivity index (χ1n) is 19.7. The van der Waals surface area contributed by atoms with Gasteiger partial charge < -0.3 is 18.8 Å². The van der Waals surface area contributed by atoms with Crippen LogP contribution in [0.2, 0.25) is 10.0 Å². The van der Waals surface area contributed by atoms with Crippen LogP contribution < -0.4 is 9.64 Å². The number of amides is 1. The van der Waals surface area contributed by atoms with Gasteiger partial charge >= 0.3 is 0 Å². The van der Waals surface area contributed by atoms with E-state index in [1.807, 2.05) is 87.9 Å². The van der Waals surface area contributed by atoms with Crippen LogP contribution in [0, 0.1) is 34.6 Å². The number of carbonyl (C=O) groups is 1. The van der Waals surface area contributed by atoms with E-state index in [0.29, 0.717) is 48.5 Å². The largest absolute Gasteiger partial charge is 0.494 e. The van der Waals surface area contributed by atoms with Gasteiger partial charge in [-0.2, -0.15) is 9.78 Å². The molecule has 0 radical (unpaired) electrons. The Kier molecular flexibility index (Phi) is 9.59. The van der Waals surface area contributed by atoms with Crippen LogP contribution in [0.25, 0.3) is 50.3 Å². The molecule has 0 fully saturated rings. The van der Waals surface area contributed by atoms with Crippen molar-refractivity contribution >= 4 is 56.6 Å². The number of aryl methyl sites for hydroxylation is 7. The van der Waals surface area contributed by atoms with E-state index < -0.39 is 0 Å². The minimum absolute atomic E-state index is 0.0715. The van der Waals surface area contributed by atoms with Gasteiger partial charge in [-0.15, -0.1) is 5.10 Å². The van der Waals surface area contributed by atoms with Gasteiger partial charge in [0.15, 0.2) is 5.82 Å². The lowest BCUT2D eigenvalue weighted by Crippen LogP contribution is -2.42. The van der Waals surface area contributed by atoms with Crippen molar-refractivity contribution in [2.75, 3.05) is 18.1 Å². The molecule has 59 heavy (non-hydrogen) atoms. The molecule has 0 aliphatic carbocycles. The molecule has 0 bridgehead atoms. The maximum absolute atomic E-state index is 15.3. The van der Waals surface area contributed by atoms with Crippen molar-refractivity contribution in [1.29, 1.82) is 0 Å². The molecule has 1 amide bonds. The zero-order chi connectivity index (χ0) is 41.4.